The highest BCUT2D eigenvalue weighted by molar-refractivity contribution is 5.88. The third-order valence-electron chi connectivity index (χ3n) is 6.90. The van der Waals surface area contributed by atoms with Crippen molar-refractivity contribution in [3.05, 3.63) is 0 Å². The van der Waals surface area contributed by atoms with Crippen LogP contribution in [0.1, 0.15) is 61.3 Å². The van der Waals surface area contributed by atoms with Crippen molar-refractivity contribution in [2.75, 3.05) is 13.2 Å². The molecule has 3 aliphatic rings. The van der Waals surface area contributed by atoms with Crippen LogP contribution in [-0.4, -0.2) is 37.1 Å². The minimum atomic E-state index is -0.0386. The molecule has 24 heavy (non-hydrogen) atoms. The van der Waals surface area contributed by atoms with E-state index in [-0.39, 0.29) is 10.8 Å². The maximum atomic E-state index is 6.09. The number of nitrogens with zero attached hydrogens (tertiary/aromatic N) is 2. The Morgan fingerprint density at radius 3 is 2.04 bits per heavy atom. The number of ether oxygens (including phenoxy) is 2. The Hall–Kier alpha value is -1.06. The average Bonchev–Trinajstić information content (AvgIpc) is 3.19. The summed E-state index contributed by atoms with van der Waals surface area (Å²) >= 11 is 0. The van der Waals surface area contributed by atoms with E-state index in [1.807, 2.05) is 0 Å². The summed E-state index contributed by atoms with van der Waals surface area (Å²) in [6, 6.07) is 0.616. The molecule has 0 radical (unpaired) electrons. The van der Waals surface area contributed by atoms with Gasteiger partial charge in [0.2, 0.25) is 0 Å². The zero-order valence-electron chi connectivity index (χ0n) is 16.4. The molecule has 2 heterocycles. The zero-order valence-corrected chi connectivity index (χ0v) is 16.4. The molecular formula is C20H34N2O2. The normalized spacial score (nSPS) is 38.3. The van der Waals surface area contributed by atoms with Crippen molar-refractivity contribution in [2.45, 2.75) is 73.4 Å². The third-order valence-corrected chi connectivity index (χ3v) is 6.90. The van der Waals surface area contributed by atoms with E-state index in [2.05, 4.69) is 48.5 Å². The second-order valence-corrected chi connectivity index (χ2v) is 9.29. The lowest BCUT2D eigenvalue weighted by Gasteiger charge is -2.40. The smallest absolute Gasteiger partial charge is 0.190 e. The molecule has 0 saturated heterocycles. The first-order chi connectivity index (χ1) is 11.2. The van der Waals surface area contributed by atoms with Gasteiger partial charge in [0.15, 0.2) is 11.8 Å². The van der Waals surface area contributed by atoms with E-state index in [4.69, 9.17) is 19.5 Å². The van der Waals surface area contributed by atoms with Crippen LogP contribution in [0.25, 0.3) is 0 Å². The molecule has 3 rings (SSSR count). The van der Waals surface area contributed by atoms with Gasteiger partial charge in [0.05, 0.1) is 12.1 Å². The minimum absolute atomic E-state index is 0.0302. The van der Waals surface area contributed by atoms with Crippen LogP contribution in [0.15, 0.2) is 9.98 Å². The molecule has 4 heteroatoms. The second kappa shape index (κ2) is 6.03. The number of rotatable bonds is 4. The van der Waals surface area contributed by atoms with E-state index in [1.54, 1.807) is 0 Å². The van der Waals surface area contributed by atoms with Gasteiger partial charge in [-0.15, -0.1) is 0 Å². The molecule has 4 nitrogen and oxygen atoms in total. The lowest BCUT2D eigenvalue weighted by molar-refractivity contribution is 0.137. The van der Waals surface area contributed by atoms with E-state index in [0.717, 1.165) is 37.9 Å². The second-order valence-electron chi connectivity index (χ2n) is 9.29. The maximum absolute atomic E-state index is 6.09. The van der Waals surface area contributed by atoms with Crippen molar-refractivity contribution in [1.82, 2.24) is 0 Å². The van der Waals surface area contributed by atoms with Gasteiger partial charge >= 0.3 is 0 Å². The van der Waals surface area contributed by atoms with Crippen molar-refractivity contribution >= 4 is 11.8 Å². The van der Waals surface area contributed by atoms with Crippen LogP contribution >= 0.6 is 0 Å². The topological polar surface area (TPSA) is 43.2 Å². The number of aliphatic imine (C=N–C) groups is 2. The van der Waals surface area contributed by atoms with Gasteiger partial charge < -0.3 is 9.47 Å². The predicted octanol–water partition coefficient (Wildman–Crippen LogP) is 4.34. The van der Waals surface area contributed by atoms with E-state index in [1.165, 1.54) is 0 Å². The average molecular weight is 335 g/mol. The molecule has 136 valence electrons. The Balaban J connectivity index is 1.84. The van der Waals surface area contributed by atoms with Gasteiger partial charge in [-0.1, -0.05) is 48.5 Å². The first kappa shape index (κ1) is 17.8. The first-order valence-corrected chi connectivity index (χ1v) is 9.58. The fraction of sp³-hybridized carbons (Fsp3) is 0.900. The summed E-state index contributed by atoms with van der Waals surface area (Å²) in [5, 5.41) is 0. The molecule has 2 aliphatic heterocycles. The Morgan fingerprint density at radius 2 is 1.50 bits per heavy atom. The highest BCUT2D eigenvalue weighted by atomic mass is 16.5. The summed E-state index contributed by atoms with van der Waals surface area (Å²) in [5.41, 5.74) is -0.00842. The summed E-state index contributed by atoms with van der Waals surface area (Å²) in [7, 11) is 0. The van der Waals surface area contributed by atoms with Crippen LogP contribution < -0.4 is 0 Å². The van der Waals surface area contributed by atoms with E-state index in [0.29, 0.717) is 29.8 Å². The maximum Gasteiger partial charge on any atom is 0.190 e. The van der Waals surface area contributed by atoms with Gasteiger partial charge in [-0.25, -0.2) is 9.98 Å². The summed E-state index contributed by atoms with van der Waals surface area (Å²) in [4.78, 5) is 9.87. The number of hydrogen-bond donors (Lipinski definition) is 0. The molecule has 0 spiro atoms. The molecule has 0 aromatic heterocycles. The molecule has 0 aromatic rings. The van der Waals surface area contributed by atoms with Crippen LogP contribution in [0.3, 0.4) is 0 Å². The van der Waals surface area contributed by atoms with Gasteiger partial charge in [-0.05, 0) is 30.1 Å². The van der Waals surface area contributed by atoms with Crippen molar-refractivity contribution in [3.8, 4) is 0 Å². The summed E-state index contributed by atoms with van der Waals surface area (Å²) in [6.45, 7) is 17.4. The third kappa shape index (κ3) is 2.66. The summed E-state index contributed by atoms with van der Waals surface area (Å²) in [5.74, 6) is 3.36. The Labute approximate surface area is 147 Å². The molecular weight excluding hydrogens is 300 g/mol. The van der Waals surface area contributed by atoms with E-state index < -0.39 is 0 Å². The van der Waals surface area contributed by atoms with Gasteiger partial charge in [-0.3, -0.25) is 0 Å². The molecule has 4 atom stereocenters. The van der Waals surface area contributed by atoms with Crippen LogP contribution in [0.5, 0.6) is 0 Å². The van der Waals surface area contributed by atoms with Gasteiger partial charge in [0, 0.05) is 11.3 Å². The van der Waals surface area contributed by atoms with Crippen LogP contribution in [0, 0.1) is 28.6 Å². The molecule has 1 saturated carbocycles. The Kier molecular flexibility index (Phi) is 4.46. The van der Waals surface area contributed by atoms with Crippen LogP contribution in [0.2, 0.25) is 0 Å². The van der Waals surface area contributed by atoms with E-state index in [9.17, 15) is 0 Å². The first-order valence-electron chi connectivity index (χ1n) is 9.58. The largest absolute Gasteiger partial charge is 0.478 e. The van der Waals surface area contributed by atoms with Gasteiger partial charge in [-0.2, -0.15) is 0 Å². The fourth-order valence-electron chi connectivity index (χ4n) is 4.29. The molecule has 1 aliphatic carbocycles. The van der Waals surface area contributed by atoms with Crippen LogP contribution in [-0.2, 0) is 9.47 Å². The van der Waals surface area contributed by atoms with Gasteiger partial charge in [0.1, 0.15) is 13.2 Å². The van der Waals surface area contributed by atoms with Crippen molar-refractivity contribution in [2.24, 2.45) is 38.6 Å². The Bertz CT molecular complexity index is 550. The molecule has 0 amide bonds. The number of hydrogen-bond acceptors (Lipinski definition) is 4. The highest BCUT2D eigenvalue weighted by Crippen LogP contribution is 2.58. The summed E-state index contributed by atoms with van der Waals surface area (Å²) in [6.07, 6.45) is 2.19. The lowest BCUT2D eigenvalue weighted by Crippen LogP contribution is -2.43. The van der Waals surface area contributed by atoms with Crippen molar-refractivity contribution in [3.63, 3.8) is 0 Å². The molecule has 2 unspecified atom stereocenters. The summed E-state index contributed by atoms with van der Waals surface area (Å²) < 4.78 is 12.1. The quantitative estimate of drug-likeness (QED) is 0.768. The molecule has 1 fully saturated rings. The SMILES string of the molecule is CC(C)[C@H]1COC(C2CCC(C)(C3=N[C@@H](C(C)C)CO3)C2(C)C)=N1. The minimum Gasteiger partial charge on any atom is -0.478 e. The molecule has 0 N–H and O–H groups in total. The lowest BCUT2D eigenvalue weighted by atomic mass is 9.65. The highest BCUT2D eigenvalue weighted by Gasteiger charge is 2.58. The van der Waals surface area contributed by atoms with Crippen LogP contribution in [0.4, 0.5) is 0 Å². The zero-order chi connectivity index (χ0) is 17.7. The van der Waals surface area contributed by atoms with E-state index >= 15 is 0 Å². The van der Waals surface area contributed by atoms with Crippen molar-refractivity contribution in [1.29, 1.82) is 0 Å². The monoisotopic (exact) mass is 334 g/mol. The fourth-order valence-corrected chi connectivity index (χ4v) is 4.29. The molecule has 0 bridgehead atoms. The predicted molar refractivity (Wildman–Crippen MR) is 98.6 cm³/mol. The van der Waals surface area contributed by atoms with Crippen molar-refractivity contribution < 1.29 is 9.47 Å². The molecule has 0 aromatic carbocycles. The standard InChI is InChI=1S/C20H34N2O2/c1-12(2)15-10-23-17(21-15)14-8-9-20(7,19(14,5)6)18-22-16(11-24-18)13(3)4/h12-16H,8-11H2,1-7H3/t14?,15-,16-,20?/m1/s1. The van der Waals surface area contributed by atoms with Gasteiger partial charge in [0.25, 0.3) is 0 Å². The Morgan fingerprint density at radius 1 is 0.917 bits per heavy atom.